The number of benzene rings is 3. The summed E-state index contributed by atoms with van der Waals surface area (Å²) in [6.45, 7) is 0. The zero-order chi connectivity index (χ0) is 9.38. The summed E-state index contributed by atoms with van der Waals surface area (Å²) in [7, 11) is 0. The minimum atomic E-state index is 0. The van der Waals surface area contributed by atoms with Crippen LogP contribution in [0.3, 0.4) is 0 Å². The quantitative estimate of drug-likeness (QED) is 0.427. The summed E-state index contributed by atoms with van der Waals surface area (Å²) < 4.78 is 0. The Bertz CT molecular complexity index is 494. The van der Waals surface area contributed by atoms with Crippen molar-refractivity contribution in [1.29, 1.82) is 0 Å². The normalized spacial score (nSPS) is 10.1. The molecule has 0 spiro atoms. The number of hydrogen-bond acceptors (Lipinski definition) is 0. The second-order valence-electron chi connectivity index (χ2n) is 3.46. The first-order chi connectivity index (χ1) is 6.93. The Morgan fingerprint density at radius 3 is 2.20 bits per heavy atom. The predicted octanol–water partition coefficient (Wildman–Crippen LogP) is 3.79. The molecular weight excluding hydrogens is 341 g/mol. The fraction of sp³-hybridized carbons (Fsp3) is 0. The van der Waals surface area contributed by atoms with Gasteiger partial charge in [0, 0.05) is 46.9 Å². The van der Waals surface area contributed by atoms with Gasteiger partial charge in [-0.05, 0) is 5.39 Å². The average molecular weight is 350 g/mol. The Hall–Kier alpha value is -0.301. The molecule has 0 aliphatic carbocycles. The maximum absolute atomic E-state index is 3.24. The number of hydrogen-bond donors (Lipinski definition) is 0. The summed E-state index contributed by atoms with van der Waals surface area (Å²) in [6.07, 6.45) is 0. The van der Waals surface area contributed by atoms with Gasteiger partial charge >= 0.3 is 0 Å². The van der Waals surface area contributed by atoms with Gasteiger partial charge in [0.05, 0.1) is 0 Å². The molecule has 0 atom stereocenters. The van der Waals surface area contributed by atoms with Gasteiger partial charge in [-0.2, -0.15) is 0 Å². The van der Waals surface area contributed by atoms with Gasteiger partial charge in [-0.25, -0.2) is 0 Å². The van der Waals surface area contributed by atoms with Crippen LogP contribution in [0.4, 0.5) is 0 Å². The van der Waals surface area contributed by atoms with Crippen LogP contribution in [0.15, 0.2) is 54.6 Å². The minimum Gasteiger partial charge on any atom is -0.147 e. The molecule has 0 radical (unpaired) electrons. The maximum Gasteiger partial charge on any atom is 0 e. The summed E-state index contributed by atoms with van der Waals surface area (Å²) in [4.78, 5) is 0. The molecule has 0 saturated heterocycles. The molecule has 0 aliphatic heterocycles. The maximum atomic E-state index is 3.24. The van der Waals surface area contributed by atoms with Crippen molar-refractivity contribution in [1.82, 2.24) is 0 Å². The Morgan fingerprint density at radius 2 is 1.40 bits per heavy atom. The molecule has 0 saturated carbocycles. The summed E-state index contributed by atoms with van der Waals surface area (Å²) >= 11 is 0. The minimum absolute atomic E-state index is 0. The summed E-state index contributed by atoms with van der Waals surface area (Å²) in [5, 5.41) is 5.01. The predicted molar refractivity (Wildman–Crippen MR) is 60.3 cm³/mol. The molecule has 0 nitrogen and oxygen atoms in total. The van der Waals surface area contributed by atoms with Gasteiger partial charge in [0.2, 0.25) is 0 Å². The van der Waals surface area contributed by atoms with Crippen LogP contribution >= 0.6 is 0 Å². The van der Waals surface area contributed by atoms with Crippen molar-refractivity contribution in [2.24, 2.45) is 0 Å². The van der Waals surface area contributed by atoms with Crippen molar-refractivity contribution < 1.29 is 46.9 Å². The molecule has 0 unspecified atom stereocenters. The van der Waals surface area contributed by atoms with E-state index in [-0.39, 0.29) is 46.9 Å². The molecule has 80 valence electrons. The van der Waals surface area contributed by atoms with E-state index in [4.69, 9.17) is 0 Å². The second-order valence-corrected chi connectivity index (χ2v) is 3.46. The Morgan fingerprint density at radius 1 is 0.733 bits per heavy atom. The van der Waals surface area contributed by atoms with E-state index in [1.807, 2.05) is 12.1 Å². The Balaban J connectivity index is 0.000000853. The van der Waals surface area contributed by atoms with Gasteiger partial charge in [-0.15, -0.1) is 41.1 Å². The van der Waals surface area contributed by atoms with Crippen molar-refractivity contribution in [3.05, 3.63) is 60.7 Å². The van der Waals surface area contributed by atoms with Crippen LogP contribution in [-0.2, 0) is 0 Å². The molecule has 0 N–H and O–H groups in total. The topological polar surface area (TPSA) is 0 Å². The van der Waals surface area contributed by atoms with E-state index in [9.17, 15) is 0 Å². The van der Waals surface area contributed by atoms with Gasteiger partial charge in [-0.1, -0.05) is 35.7 Å². The third kappa shape index (κ3) is 2.13. The number of rotatable bonds is 0. The van der Waals surface area contributed by atoms with Crippen LogP contribution in [0.5, 0.6) is 0 Å². The van der Waals surface area contributed by atoms with Crippen LogP contribution < -0.4 is 0 Å². The number of fused-ring (bicyclic) bond motifs is 2. The largest absolute Gasteiger partial charge is 0.147 e. The van der Waals surface area contributed by atoms with Crippen molar-refractivity contribution in [3.63, 3.8) is 0 Å². The molecule has 0 fully saturated rings. The van der Waals surface area contributed by atoms with Gasteiger partial charge in [0.1, 0.15) is 0 Å². The van der Waals surface area contributed by atoms with Crippen molar-refractivity contribution in [2.75, 3.05) is 0 Å². The zero-order valence-corrected chi connectivity index (χ0v) is 9.68. The summed E-state index contributed by atoms with van der Waals surface area (Å²) in [5.41, 5.74) is 0. The van der Waals surface area contributed by atoms with Crippen molar-refractivity contribution in [3.8, 4) is 0 Å². The fourth-order valence-corrected chi connectivity index (χ4v) is 1.81. The van der Waals surface area contributed by atoms with E-state index < -0.39 is 0 Å². The first-order valence-corrected chi connectivity index (χ1v) is 4.73. The van der Waals surface area contributed by atoms with E-state index in [0.717, 1.165) is 0 Å². The first kappa shape index (κ1) is 11.2. The molecule has 0 aromatic heterocycles. The molecule has 0 bridgehead atoms. The zero-order valence-electron chi connectivity index (χ0n) is 7.96. The molecule has 0 aliphatic rings. The van der Waals surface area contributed by atoms with Gasteiger partial charge in [0.15, 0.2) is 0 Å². The smallest absolute Gasteiger partial charge is 0 e. The van der Waals surface area contributed by atoms with Crippen molar-refractivity contribution in [2.45, 2.75) is 0 Å². The van der Waals surface area contributed by atoms with Crippen LogP contribution in [0.1, 0.15) is 0 Å². The summed E-state index contributed by atoms with van der Waals surface area (Å²) in [6, 6.07) is 22.2. The monoisotopic (exact) mass is 351 g/mol. The molecule has 1 heteroatoms. The van der Waals surface area contributed by atoms with Gasteiger partial charge in [-0.3, -0.25) is 0 Å². The third-order valence-corrected chi connectivity index (χ3v) is 2.53. The SMILES string of the molecule is [Yb].[c-]1cccc2cc3ccccc3cc12. The van der Waals surface area contributed by atoms with E-state index >= 15 is 0 Å². The molecule has 0 amide bonds. The van der Waals surface area contributed by atoms with E-state index in [0.29, 0.717) is 0 Å². The fourth-order valence-electron chi connectivity index (χ4n) is 1.81. The van der Waals surface area contributed by atoms with E-state index in [1.165, 1.54) is 21.5 Å². The molecule has 3 aromatic rings. The standard InChI is InChI=1S/C14H9.Yb/c1-2-6-12-10-14-8-4-3-7-13(14)9-11(12)5-1;/h1-7,9-10H;/q-1;. The molecule has 0 heterocycles. The van der Waals surface area contributed by atoms with E-state index in [2.05, 4.69) is 48.5 Å². The molecule has 3 aromatic carbocycles. The molecule has 3 rings (SSSR count). The molecular formula is C14H9Yb-. The van der Waals surface area contributed by atoms with Crippen LogP contribution in [0, 0.1) is 53.0 Å². The van der Waals surface area contributed by atoms with E-state index in [1.54, 1.807) is 0 Å². The third-order valence-electron chi connectivity index (χ3n) is 2.53. The molecule has 15 heavy (non-hydrogen) atoms. The van der Waals surface area contributed by atoms with Crippen LogP contribution in [0.25, 0.3) is 21.5 Å². The van der Waals surface area contributed by atoms with Crippen molar-refractivity contribution >= 4 is 21.5 Å². The van der Waals surface area contributed by atoms with Crippen LogP contribution in [0.2, 0.25) is 0 Å². The Kier molecular flexibility index (Phi) is 3.50. The average Bonchev–Trinajstić information content (AvgIpc) is 2.26. The second kappa shape index (κ2) is 4.69. The summed E-state index contributed by atoms with van der Waals surface area (Å²) in [5.74, 6) is 0. The van der Waals surface area contributed by atoms with Gasteiger partial charge < -0.3 is 0 Å². The van der Waals surface area contributed by atoms with Crippen LogP contribution in [-0.4, -0.2) is 0 Å². The van der Waals surface area contributed by atoms with Gasteiger partial charge in [0.25, 0.3) is 0 Å². The Labute approximate surface area is 128 Å². The first-order valence-electron chi connectivity index (χ1n) is 4.73.